The van der Waals surface area contributed by atoms with Crippen LogP contribution >= 0.6 is 35.3 Å². The summed E-state index contributed by atoms with van der Waals surface area (Å²) in [4.78, 5) is 13.3. The second-order valence-corrected chi connectivity index (χ2v) is 6.68. The van der Waals surface area contributed by atoms with Crippen molar-refractivity contribution < 1.29 is 9.18 Å². The molecule has 118 valence electrons. The Balaban J connectivity index is 1.82. The highest BCUT2D eigenvalue weighted by Crippen LogP contribution is 2.26. The standard InChI is InChI=1S/C14H10ClFN4OS2/c1-20-12(7-11(19-23-20)13-4-5-17-22-13)14(21)18-8-2-3-10(16)9(15)6-8/h2-7H,1H3,(H,18,21). The molecule has 0 fully saturated rings. The van der Waals surface area contributed by atoms with E-state index in [2.05, 4.69) is 14.1 Å². The zero-order valence-electron chi connectivity index (χ0n) is 11.8. The first-order valence-electron chi connectivity index (χ1n) is 6.42. The maximum atomic E-state index is 13.2. The third-order valence-corrected chi connectivity index (χ3v) is 4.75. The molecule has 1 amide bonds. The van der Waals surface area contributed by atoms with E-state index in [-0.39, 0.29) is 10.9 Å². The van der Waals surface area contributed by atoms with Crippen molar-refractivity contribution in [2.24, 2.45) is 4.40 Å². The molecule has 0 saturated carbocycles. The third-order valence-electron chi connectivity index (χ3n) is 2.97. The minimum absolute atomic E-state index is 0.0462. The molecule has 0 saturated heterocycles. The molecular formula is C14H10ClFN4OS2. The van der Waals surface area contributed by atoms with Crippen LogP contribution in [0.1, 0.15) is 4.88 Å². The molecule has 0 spiro atoms. The van der Waals surface area contributed by atoms with Gasteiger partial charge in [-0.3, -0.25) is 9.10 Å². The Morgan fingerprint density at radius 2 is 2.22 bits per heavy atom. The molecule has 1 aliphatic heterocycles. The molecule has 3 rings (SSSR count). The Hall–Kier alpha value is -1.90. The van der Waals surface area contributed by atoms with Crippen molar-refractivity contribution in [3.63, 3.8) is 0 Å². The van der Waals surface area contributed by atoms with Crippen LogP contribution in [0.15, 0.2) is 46.6 Å². The average molecular weight is 369 g/mol. The first kappa shape index (κ1) is 16.0. The van der Waals surface area contributed by atoms with E-state index in [0.717, 1.165) is 17.0 Å². The number of carbonyl (C=O) groups excluding carboxylic acids is 1. The SMILES string of the molecule is CN1SN=C(c2ccns2)C=C1C(=O)Nc1ccc(F)c(Cl)c1. The summed E-state index contributed by atoms with van der Waals surface area (Å²) < 4.78 is 23.2. The monoisotopic (exact) mass is 368 g/mol. The van der Waals surface area contributed by atoms with Gasteiger partial charge in [-0.25, -0.2) is 8.76 Å². The number of amides is 1. The molecular weight excluding hydrogens is 359 g/mol. The van der Waals surface area contributed by atoms with Crippen LogP contribution in [-0.4, -0.2) is 27.3 Å². The van der Waals surface area contributed by atoms with Crippen molar-refractivity contribution in [1.29, 1.82) is 0 Å². The van der Waals surface area contributed by atoms with E-state index in [9.17, 15) is 9.18 Å². The Morgan fingerprint density at radius 3 is 2.91 bits per heavy atom. The van der Waals surface area contributed by atoms with Crippen LogP contribution in [0.3, 0.4) is 0 Å². The second-order valence-electron chi connectivity index (χ2n) is 4.54. The molecule has 0 bridgehead atoms. The maximum Gasteiger partial charge on any atom is 0.272 e. The Kier molecular flexibility index (Phi) is 4.65. The van der Waals surface area contributed by atoms with E-state index < -0.39 is 5.82 Å². The van der Waals surface area contributed by atoms with Crippen molar-refractivity contribution in [1.82, 2.24) is 8.68 Å². The first-order chi connectivity index (χ1) is 11.0. The molecule has 2 heterocycles. The topological polar surface area (TPSA) is 57.6 Å². The van der Waals surface area contributed by atoms with Crippen LogP contribution in [0.25, 0.3) is 0 Å². The Morgan fingerprint density at radius 1 is 1.39 bits per heavy atom. The molecule has 9 heteroatoms. The van der Waals surface area contributed by atoms with Gasteiger partial charge in [0.15, 0.2) is 0 Å². The van der Waals surface area contributed by atoms with Gasteiger partial charge in [-0.2, -0.15) is 4.40 Å². The van der Waals surface area contributed by atoms with Gasteiger partial charge >= 0.3 is 0 Å². The summed E-state index contributed by atoms with van der Waals surface area (Å²) in [6.45, 7) is 0. The number of aromatic nitrogens is 1. The lowest BCUT2D eigenvalue weighted by molar-refractivity contribution is -0.113. The van der Waals surface area contributed by atoms with Crippen molar-refractivity contribution in [3.8, 4) is 0 Å². The van der Waals surface area contributed by atoms with Gasteiger partial charge in [0.2, 0.25) is 0 Å². The summed E-state index contributed by atoms with van der Waals surface area (Å²) >= 11 is 8.19. The number of carbonyl (C=O) groups is 1. The van der Waals surface area contributed by atoms with Crippen molar-refractivity contribution >= 4 is 52.6 Å². The van der Waals surface area contributed by atoms with Gasteiger partial charge in [-0.05, 0) is 41.9 Å². The highest BCUT2D eigenvalue weighted by Gasteiger charge is 2.21. The molecule has 23 heavy (non-hydrogen) atoms. The van der Waals surface area contributed by atoms with E-state index in [1.807, 2.05) is 6.07 Å². The van der Waals surface area contributed by atoms with E-state index in [0.29, 0.717) is 17.1 Å². The zero-order valence-corrected chi connectivity index (χ0v) is 14.2. The number of nitrogens with zero attached hydrogens (tertiary/aromatic N) is 3. The molecule has 0 aliphatic carbocycles. The minimum Gasteiger partial charge on any atom is -0.321 e. The Labute approximate surface area is 145 Å². The summed E-state index contributed by atoms with van der Waals surface area (Å²) in [5.74, 6) is -0.867. The highest BCUT2D eigenvalue weighted by atomic mass is 35.5. The predicted molar refractivity (Wildman–Crippen MR) is 92.1 cm³/mol. The van der Waals surface area contributed by atoms with Gasteiger partial charge in [0.05, 0.1) is 27.7 Å². The highest BCUT2D eigenvalue weighted by molar-refractivity contribution is 7.96. The molecule has 2 aromatic rings. The summed E-state index contributed by atoms with van der Waals surface area (Å²) in [7, 11) is 1.74. The zero-order chi connectivity index (χ0) is 16.4. The molecule has 5 nitrogen and oxygen atoms in total. The van der Waals surface area contributed by atoms with Gasteiger partial charge in [-0.15, -0.1) is 0 Å². The van der Waals surface area contributed by atoms with Crippen LogP contribution in [0.5, 0.6) is 0 Å². The summed E-state index contributed by atoms with van der Waals surface area (Å²) in [5.41, 5.74) is 1.52. The molecule has 0 radical (unpaired) electrons. The number of allylic oxidation sites excluding steroid dienone is 1. The third kappa shape index (κ3) is 3.54. The first-order valence-corrected chi connectivity index (χ1v) is 8.31. The van der Waals surface area contributed by atoms with Gasteiger partial charge in [0, 0.05) is 18.9 Å². The fourth-order valence-corrected chi connectivity index (χ4v) is 3.22. The van der Waals surface area contributed by atoms with Gasteiger partial charge < -0.3 is 5.32 Å². The van der Waals surface area contributed by atoms with Crippen molar-refractivity contribution in [2.45, 2.75) is 0 Å². The number of anilines is 1. The normalized spacial score (nSPS) is 14.3. The fourth-order valence-electron chi connectivity index (χ4n) is 1.84. The lowest BCUT2D eigenvalue weighted by Gasteiger charge is -2.22. The van der Waals surface area contributed by atoms with Crippen LogP contribution in [-0.2, 0) is 4.79 Å². The quantitative estimate of drug-likeness (QED) is 0.838. The second kappa shape index (κ2) is 6.69. The largest absolute Gasteiger partial charge is 0.321 e. The van der Waals surface area contributed by atoms with Crippen LogP contribution < -0.4 is 5.32 Å². The van der Waals surface area contributed by atoms with E-state index in [4.69, 9.17) is 11.6 Å². The van der Waals surface area contributed by atoms with Crippen molar-refractivity contribution in [3.05, 3.63) is 58.0 Å². The van der Waals surface area contributed by atoms with Crippen molar-refractivity contribution in [2.75, 3.05) is 12.4 Å². The molecule has 0 atom stereocenters. The fraction of sp³-hybridized carbons (Fsp3) is 0.0714. The predicted octanol–water partition coefficient (Wildman–Crippen LogP) is 3.76. The van der Waals surface area contributed by atoms with E-state index in [1.54, 1.807) is 23.6 Å². The summed E-state index contributed by atoms with van der Waals surface area (Å²) in [6, 6.07) is 5.86. The summed E-state index contributed by atoms with van der Waals surface area (Å²) in [5, 5.41) is 2.65. The number of halogens is 2. The van der Waals surface area contributed by atoms with E-state index in [1.165, 1.54) is 29.7 Å². The molecule has 1 N–H and O–H groups in total. The van der Waals surface area contributed by atoms with Crippen LogP contribution in [0.2, 0.25) is 5.02 Å². The smallest absolute Gasteiger partial charge is 0.272 e. The Bertz CT molecular complexity index is 807. The van der Waals surface area contributed by atoms with Crippen LogP contribution in [0.4, 0.5) is 10.1 Å². The number of hydrogen-bond acceptors (Lipinski definition) is 6. The molecule has 1 aromatic heterocycles. The van der Waals surface area contributed by atoms with Gasteiger partial charge in [0.1, 0.15) is 11.5 Å². The maximum absolute atomic E-state index is 13.2. The number of rotatable bonds is 3. The lowest BCUT2D eigenvalue weighted by Crippen LogP contribution is -2.26. The molecule has 1 aliphatic rings. The van der Waals surface area contributed by atoms with E-state index >= 15 is 0 Å². The van der Waals surface area contributed by atoms with Crippen LogP contribution in [0, 0.1) is 5.82 Å². The van der Waals surface area contributed by atoms with Gasteiger partial charge in [0.25, 0.3) is 5.91 Å². The van der Waals surface area contributed by atoms with Gasteiger partial charge in [-0.1, -0.05) is 11.6 Å². The lowest BCUT2D eigenvalue weighted by atomic mass is 10.2. The number of hydrogen-bond donors (Lipinski definition) is 1. The number of likely N-dealkylation sites (N-methyl/N-ethyl adjacent to an activating group) is 1. The minimum atomic E-state index is -0.533. The number of benzene rings is 1. The number of nitrogens with one attached hydrogen (secondary N) is 1. The summed E-state index contributed by atoms with van der Waals surface area (Å²) in [6.07, 6.45) is 3.37. The average Bonchev–Trinajstić information content (AvgIpc) is 3.06. The molecule has 1 aromatic carbocycles. The molecule has 0 unspecified atom stereocenters.